The number of halogens is 1. The van der Waals surface area contributed by atoms with Gasteiger partial charge in [0.25, 0.3) is 0 Å². The van der Waals surface area contributed by atoms with Gasteiger partial charge in [0, 0.05) is 9.61 Å². The second kappa shape index (κ2) is 6.45. The first-order valence-electron chi connectivity index (χ1n) is 5.39. The van der Waals surface area contributed by atoms with E-state index in [1.807, 2.05) is 0 Å². The molecule has 1 aromatic carbocycles. The number of rotatable bonds is 5. The van der Waals surface area contributed by atoms with E-state index in [4.69, 9.17) is 5.84 Å². The molecular formula is C12H19IN2. The number of hydrazine groups is 1. The van der Waals surface area contributed by atoms with Crippen molar-refractivity contribution in [3.63, 3.8) is 0 Å². The maximum atomic E-state index is 5.59. The van der Waals surface area contributed by atoms with Gasteiger partial charge in [-0.2, -0.15) is 0 Å². The molecule has 0 fully saturated rings. The number of benzene rings is 1. The van der Waals surface area contributed by atoms with Crippen LogP contribution in [0.15, 0.2) is 24.3 Å². The van der Waals surface area contributed by atoms with Gasteiger partial charge < -0.3 is 0 Å². The first-order valence-corrected chi connectivity index (χ1v) is 6.46. The maximum Gasteiger partial charge on any atom is 0.0462 e. The summed E-state index contributed by atoms with van der Waals surface area (Å²) >= 11 is 2.31. The highest BCUT2D eigenvalue weighted by atomic mass is 127. The molecule has 2 atom stereocenters. The molecule has 0 radical (unpaired) electrons. The van der Waals surface area contributed by atoms with Gasteiger partial charge in [-0.05, 0) is 52.6 Å². The Morgan fingerprint density at radius 2 is 1.93 bits per heavy atom. The molecule has 0 bridgehead atoms. The average Bonchev–Trinajstić information content (AvgIpc) is 2.27. The molecule has 0 heterocycles. The van der Waals surface area contributed by atoms with Crippen molar-refractivity contribution < 1.29 is 0 Å². The number of nitrogens with one attached hydrogen (secondary N) is 1. The molecule has 1 aromatic rings. The lowest BCUT2D eigenvalue weighted by molar-refractivity contribution is 0.408. The Bertz CT molecular complexity index is 284. The summed E-state index contributed by atoms with van der Waals surface area (Å²) in [5, 5.41) is 0. The van der Waals surface area contributed by atoms with Crippen LogP contribution in [0.4, 0.5) is 0 Å². The highest BCUT2D eigenvalue weighted by Crippen LogP contribution is 2.22. The largest absolute Gasteiger partial charge is 0.271 e. The Labute approximate surface area is 106 Å². The lowest BCUT2D eigenvalue weighted by Crippen LogP contribution is -2.29. The van der Waals surface area contributed by atoms with E-state index in [0.29, 0.717) is 5.92 Å². The van der Waals surface area contributed by atoms with Crippen LogP contribution < -0.4 is 11.3 Å². The van der Waals surface area contributed by atoms with Crippen LogP contribution >= 0.6 is 22.6 Å². The normalized spacial score (nSPS) is 14.9. The fraction of sp³-hybridized carbons (Fsp3) is 0.500. The monoisotopic (exact) mass is 318 g/mol. The molecule has 2 unspecified atom stereocenters. The third kappa shape index (κ3) is 4.09. The van der Waals surface area contributed by atoms with Crippen LogP contribution in [-0.4, -0.2) is 0 Å². The van der Waals surface area contributed by atoms with Gasteiger partial charge in [-0.3, -0.25) is 11.3 Å². The first-order chi connectivity index (χ1) is 7.17. The van der Waals surface area contributed by atoms with E-state index >= 15 is 0 Å². The molecule has 1 rings (SSSR count). The fourth-order valence-corrected chi connectivity index (χ4v) is 1.92. The van der Waals surface area contributed by atoms with E-state index in [-0.39, 0.29) is 6.04 Å². The molecule has 0 aliphatic carbocycles. The van der Waals surface area contributed by atoms with Gasteiger partial charge in [-0.1, -0.05) is 32.4 Å². The smallest absolute Gasteiger partial charge is 0.0462 e. The van der Waals surface area contributed by atoms with E-state index in [0.717, 1.165) is 6.42 Å². The number of nitrogens with two attached hydrogens (primary N) is 1. The van der Waals surface area contributed by atoms with Gasteiger partial charge in [0.15, 0.2) is 0 Å². The molecule has 3 heteroatoms. The molecule has 0 aromatic heterocycles. The standard InChI is InChI=1S/C12H19IN2/c1-3-9(2)8-12(15-14)10-4-6-11(13)7-5-10/h4-7,9,12,15H,3,8,14H2,1-2H3. The van der Waals surface area contributed by atoms with Crippen molar-refractivity contribution in [2.24, 2.45) is 11.8 Å². The molecule has 0 spiro atoms. The molecule has 0 aliphatic rings. The van der Waals surface area contributed by atoms with Crippen molar-refractivity contribution in [2.45, 2.75) is 32.7 Å². The van der Waals surface area contributed by atoms with Crippen LogP contribution in [0, 0.1) is 9.49 Å². The van der Waals surface area contributed by atoms with Crippen LogP contribution in [0.5, 0.6) is 0 Å². The maximum absolute atomic E-state index is 5.59. The van der Waals surface area contributed by atoms with Crippen LogP contribution in [0.3, 0.4) is 0 Å². The van der Waals surface area contributed by atoms with Crippen molar-refractivity contribution in [3.05, 3.63) is 33.4 Å². The minimum atomic E-state index is 0.275. The molecule has 15 heavy (non-hydrogen) atoms. The van der Waals surface area contributed by atoms with Crippen LogP contribution in [0.25, 0.3) is 0 Å². The minimum Gasteiger partial charge on any atom is -0.271 e. The third-order valence-corrected chi connectivity index (χ3v) is 3.53. The van der Waals surface area contributed by atoms with E-state index in [9.17, 15) is 0 Å². The first kappa shape index (κ1) is 12.9. The van der Waals surface area contributed by atoms with Crippen molar-refractivity contribution in [3.8, 4) is 0 Å². The molecule has 0 aliphatic heterocycles. The zero-order valence-electron chi connectivity index (χ0n) is 9.33. The van der Waals surface area contributed by atoms with Crippen molar-refractivity contribution in [1.29, 1.82) is 0 Å². The van der Waals surface area contributed by atoms with Gasteiger partial charge in [-0.15, -0.1) is 0 Å². The fourth-order valence-electron chi connectivity index (χ4n) is 1.56. The zero-order valence-corrected chi connectivity index (χ0v) is 11.5. The summed E-state index contributed by atoms with van der Waals surface area (Å²) in [6, 6.07) is 8.81. The van der Waals surface area contributed by atoms with Gasteiger partial charge in [0.05, 0.1) is 0 Å². The summed E-state index contributed by atoms with van der Waals surface area (Å²) in [5.41, 5.74) is 4.18. The van der Waals surface area contributed by atoms with Crippen molar-refractivity contribution >= 4 is 22.6 Å². The summed E-state index contributed by atoms with van der Waals surface area (Å²) in [6.07, 6.45) is 2.29. The summed E-state index contributed by atoms with van der Waals surface area (Å²) in [6.45, 7) is 4.48. The highest BCUT2D eigenvalue weighted by molar-refractivity contribution is 14.1. The summed E-state index contributed by atoms with van der Waals surface area (Å²) < 4.78 is 1.26. The Morgan fingerprint density at radius 3 is 2.40 bits per heavy atom. The Hall–Kier alpha value is -0.130. The number of hydrogen-bond donors (Lipinski definition) is 2. The molecular weight excluding hydrogens is 299 g/mol. The van der Waals surface area contributed by atoms with Crippen molar-refractivity contribution in [1.82, 2.24) is 5.43 Å². The van der Waals surface area contributed by atoms with Gasteiger partial charge >= 0.3 is 0 Å². The third-order valence-electron chi connectivity index (χ3n) is 2.81. The molecule has 84 valence electrons. The van der Waals surface area contributed by atoms with E-state index in [1.54, 1.807) is 0 Å². The van der Waals surface area contributed by atoms with Gasteiger partial charge in [-0.25, -0.2) is 0 Å². The average molecular weight is 318 g/mol. The van der Waals surface area contributed by atoms with Gasteiger partial charge in [0.1, 0.15) is 0 Å². The van der Waals surface area contributed by atoms with Crippen LogP contribution in [-0.2, 0) is 0 Å². The quantitative estimate of drug-likeness (QED) is 0.497. The summed E-state index contributed by atoms with van der Waals surface area (Å²) in [4.78, 5) is 0. The molecule has 0 amide bonds. The molecule has 0 saturated heterocycles. The van der Waals surface area contributed by atoms with Gasteiger partial charge in [0.2, 0.25) is 0 Å². The molecule has 0 saturated carbocycles. The Balaban J connectivity index is 2.69. The Morgan fingerprint density at radius 1 is 1.33 bits per heavy atom. The molecule has 2 nitrogen and oxygen atoms in total. The summed E-state index contributed by atoms with van der Waals surface area (Å²) in [5.74, 6) is 6.29. The van der Waals surface area contributed by atoms with Crippen LogP contribution in [0.1, 0.15) is 38.3 Å². The topological polar surface area (TPSA) is 38.0 Å². The van der Waals surface area contributed by atoms with Crippen LogP contribution in [0.2, 0.25) is 0 Å². The second-order valence-corrected chi connectivity index (χ2v) is 5.27. The lowest BCUT2D eigenvalue weighted by atomic mass is 9.95. The number of hydrogen-bond acceptors (Lipinski definition) is 2. The predicted molar refractivity (Wildman–Crippen MR) is 73.3 cm³/mol. The van der Waals surface area contributed by atoms with E-state index in [2.05, 4.69) is 66.1 Å². The zero-order chi connectivity index (χ0) is 11.3. The highest BCUT2D eigenvalue weighted by Gasteiger charge is 2.12. The van der Waals surface area contributed by atoms with E-state index < -0.39 is 0 Å². The van der Waals surface area contributed by atoms with E-state index in [1.165, 1.54) is 15.6 Å². The molecule has 3 N–H and O–H groups in total. The summed E-state index contributed by atoms with van der Waals surface area (Å²) in [7, 11) is 0. The SMILES string of the molecule is CCC(C)CC(NN)c1ccc(I)cc1. The minimum absolute atomic E-state index is 0.275. The lowest BCUT2D eigenvalue weighted by Gasteiger charge is -2.19. The van der Waals surface area contributed by atoms with Crippen molar-refractivity contribution in [2.75, 3.05) is 0 Å². The second-order valence-electron chi connectivity index (χ2n) is 4.02. The predicted octanol–water partition coefficient (Wildman–Crippen LogP) is 3.23. The Kier molecular flexibility index (Phi) is 5.56.